The Labute approximate surface area is 90.8 Å². The van der Waals surface area contributed by atoms with Gasteiger partial charge in [-0.05, 0) is 33.5 Å². The SMILES string of the molecule is CN(C)CCCNC(=O)C1CC(O)CN1. The van der Waals surface area contributed by atoms with Gasteiger partial charge in [-0.15, -0.1) is 0 Å². The first-order valence-corrected chi connectivity index (χ1v) is 5.43. The van der Waals surface area contributed by atoms with Gasteiger partial charge in [0.15, 0.2) is 0 Å². The number of amides is 1. The van der Waals surface area contributed by atoms with Crippen molar-refractivity contribution in [1.29, 1.82) is 0 Å². The van der Waals surface area contributed by atoms with Gasteiger partial charge in [-0.3, -0.25) is 4.79 Å². The molecule has 1 amide bonds. The average molecular weight is 215 g/mol. The standard InChI is InChI=1S/C10H21N3O2/c1-13(2)5-3-4-11-10(15)9-6-8(14)7-12-9/h8-9,12,14H,3-7H2,1-2H3,(H,11,15). The highest BCUT2D eigenvalue weighted by atomic mass is 16.3. The van der Waals surface area contributed by atoms with Crippen molar-refractivity contribution in [3.8, 4) is 0 Å². The molecule has 5 heteroatoms. The van der Waals surface area contributed by atoms with Crippen molar-refractivity contribution < 1.29 is 9.90 Å². The van der Waals surface area contributed by atoms with E-state index in [0.717, 1.165) is 13.0 Å². The molecule has 0 aliphatic carbocycles. The monoisotopic (exact) mass is 215 g/mol. The maximum Gasteiger partial charge on any atom is 0.237 e. The number of nitrogens with one attached hydrogen (secondary N) is 2. The molecule has 1 aliphatic heterocycles. The van der Waals surface area contributed by atoms with Crippen LogP contribution in [-0.4, -0.2) is 61.8 Å². The number of hydrogen-bond acceptors (Lipinski definition) is 4. The van der Waals surface area contributed by atoms with Crippen molar-refractivity contribution in [3.63, 3.8) is 0 Å². The maximum atomic E-state index is 11.5. The summed E-state index contributed by atoms with van der Waals surface area (Å²) in [7, 11) is 4.02. The van der Waals surface area contributed by atoms with Gasteiger partial charge in [0, 0.05) is 13.1 Å². The fraction of sp³-hybridized carbons (Fsp3) is 0.900. The third-order valence-corrected chi connectivity index (χ3v) is 2.51. The summed E-state index contributed by atoms with van der Waals surface area (Å²) < 4.78 is 0. The summed E-state index contributed by atoms with van der Waals surface area (Å²) in [4.78, 5) is 13.6. The van der Waals surface area contributed by atoms with Crippen LogP contribution in [0.1, 0.15) is 12.8 Å². The Balaban J connectivity index is 2.08. The summed E-state index contributed by atoms with van der Waals surface area (Å²) >= 11 is 0. The van der Waals surface area contributed by atoms with Crippen LogP contribution in [0.3, 0.4) is 0 Å². The molecule has 1 rings (SSSR count). The van der Waals surface area contributed by atoms with E-state index in [1.807, 2.05) is 14.1 Å². The zero-order valence-corrected chi connectivity index (χ0v) is 9.49. The van der Waals surface area contributed by atoms with Crippen molar-refractivity contribution in [3.05, 3.63) is 0 Å². The number of hydrogen-bond donors (Lipinski definition) is 3. The highest BCUT2D eigenvalue weighted by molar-refractivity contribution is 5.82. The quantitative estimate of drug-likeness (QED) is 0.503. The van der Waals surface area contributed by atoms with Crippen LogP contribution < -0.4 is 10.6 Å². The Hall–Kier alpha value is -0.650. The Bertz CT molecular complexity index is 209. The number of nitrogens with zero attached hydrogens (tertiary/aromatic N) is 1. The second-order valence-electron chi connectivity index (χ2n) is 4.30. The van der Waals surface area contributed by atoms with Gasteiger partial charge in [-0.2, -0.15) is 0 Å². The summed E-state index contributed by atoms with van der Waals surface area (Å²) in [5.74, 6) is 0.00491. The van der Waals surface area contributed by atoms with Gasteiger partial charge in [-0.25, -0.2) is 0 Å². The number of aliphatic hydroxyl groups excluding tert-OH is 1. The molecule has 5 nitrogen and oxygen atoms in total. The predicted octanol–water partition coefficient (Wildman–Crippen LogP) is -1.22. The van der Waals surface area contributed by atoms with Crippen LogP contribution >= 0.6 is 0 Å². The molecule has 3 N–H and O–H groups in total. The van der Waals surface area contributed by atoms with Crippen LogP contribution in [0.25, 0.3) is 0 Å². The van der Waals surface area contributed by atoms with Gasteiger partial charge in [0.1, 0.15) is 0 Å². The highest BCUT2D eigenvalue weighted by Crippen LogP contribution is 2.05. The molecule has 0 spiro atoms. The Morgan fingerprint density at radius 1 is 1.60 bits per heavy atom. The molecule has 1 fully saturated rings. The van der Waals surface area contributed by atoms with E-state index in [1.165, 1.54) is 0 Å². The number of β-amino-alcohol motifs (C(OH)–C–C–N with tert-alkyl or cyclic N) is 1. The van der Waals surface area contributed by atoms with Crippen molar-refractivity contribution in [1.82, 2.24) is 15.5 Å². The van der Waals surface area contributed by atoms with Gasteiger partial charge >= 0.3 is 0 Å². The second kappa shape index (κ2) is 6.05. The highest BCUT2D eigenvalue weighted by Gasteiger charge is 2.27. The summed E-state index contributed by atoms with van der Waals surface area (Å²) in [6.45, 7) is 2.20. The summed E-state index contributed by atoms with van der Waals surface area (Å²) in [6, 6.07) is -0.209. The van der Waals surface area contributed by atoms with Crippen molar-refractivity contribution in [2.75, 3.05) is 33.7 Å². The van der Waals surface area contributed by atoms with E-state index in [9.17, 15) is 9.90 Å². The van der Waals surface area contributed by atoms with Gasteiger partial charge in [0.05, 0.1) is 12.1 Å². The average Bonchev–Trinajstić information content (AvgIpc) is 2.59. The molecule has 15 heavy (non-hydrogen) atoms. The lowest BCUT2D eigenvalue weighted by Crippen LogP contribution is -2.41. The van der Waals surface area contributed by atoms with Crippen LogP contribution in [0.4, 0.5) is 0 Å². The van der Waals surface area contributed by atoms with E-state index >= 15 is 0 Å². The molecule has 0 saturated carbocycles. The summed E-state index contributed by atoms with van der Waals surface area (Å²) in [5.41, 5.74) is 0. The zero-order chi connectivity index (χ0) is 11.3. The molecule has 2 unspecified atom stereocenters. The van der Waals surface area contributed by atoms with E-state index in [1.54, 1.807) is 0 Å². The molecule has 88 valence electrons. The Morgan fingerprint density at radius 2 is 2.33 bits per heavy atom. The number of carbonyl (C=O) groups excluding carboxylic acids is 1. The maximum absolute atomic E-state index is 11.5. The van der Waals surface area contributed by atoms with E-state index in [0.29, 0.717) is 19.5 Å². The molecule has 2 atom stereocenters. The molecular weight excluding hydrogens is 194 g/mol. The minimum absolute atomic E-state index is 0.00491. The van der Waals surface area contributed by atoms with Gasteiger partial charge in [0.2, 0.25) is 5.91 Å². The second-order valence-corrected chi connectivity index (χ2v) is 4.30. The van der Waals surface area contributed by atoms with Crippen LogP contribution in [0.2, 0.25) is 0 Å². The van der Waals surface area contributed by atoms with E-state index in [-0.39, 0.29) is 18.1 Å². The van der Waals surface area contributed by atoms with Crippen molar-refractivity contribution in [2.45, 2.75) is 25.0 Å². The lowest BCUT2D eigenvalue weighted by Gasteiger charge is -2.12. The molecule has 1 aliphatic rings. The number of rotatable bonds is 5. The van der Waals surface area contributed by atoms with Crippen LogP contribution in [0.15, 0.2) is 0 Å². The minimum atomic E-state index is -0.373. The van der Waals surface area contributed by atoms with Crippen LogP contribution in [0, 0.1) is 0 Å². The summed E-state index contributed by atoms with van der Waals surface area (Å²) in [5, 5.41) is 15.1. The van der Waals surface area contributed by atoms with Gasteiger partial charge in [-0.1, -0.05) is 0 Å². The third-order valence-electron chi connectivity index (χ3n) is 2.51. The van der Waals surface area contributed by atoms with Crippen molar-refractivity contribution >= 4 is 5.91 Å². The molecule has 0 bridgehead atoms. The minimum Gasteiger partial charge on any atom is -0.392 e. The first kappa shape index (κ1) is 12.4. The zero-order valence-electron chi connectivity index (χ0n) is 9.49. The van der Waals surface area contributed by atoms with Gasteiger partial charge < -0.3 is 20.6 Å². The fourth-order valence-corrected chi connectivity index (χ4v) is 1.65. The van der Waals surface area contributed by atoms with Gasteiger partial charge in [0.25, 0.3) is 0 Å². The molecule has 0 aromatic carbocycles. The first-order chi connectivity index (χ1) is 7.09. The molecule has 1 heterocycles. The lowest BCUT2D eigenvalue weighted by atomic mass is 10.2. The van der Waals surface area contributed by atoms with E-state index in [4.69, 9.17) is 0 Å². The lowest BCUT2D eigenvalue weighted by molar-refractivity contribution is -0.122. The normalized spacial score (nSPS) is 25.9. The Kier molecular flexibility index (Phi) is 5.01. The number of aliphatic hydroxyl groups is 1. The third kappa shape index (κ3) is 4.59. The topological polar surface area (TPSA) is 64.6 Å². The van der Waals surface area contributed by atoms with Crippen LogP contribution in [-0.2, 0) is 4.79 Å². The molecule has 0 aromatic rings. The molecule has 0 aromatic heterocycles. The van der Waals surface area contributed by atoms with E-state index < -0.39 is 0 Å². The van der Waals surface area contributed by atoms with Crippen molar-refractivity contribution in [2.24, 2.45) is 0 Å². The Morgan fingerprint density at radius 3 is 2.87 bits per heavy atom. The smallest absolute Gasteiger partial charge is 0.237 e. The summed E-state index contributed by atoms with van der Waals surface area (Å²) in [6.07, 6.45) is 1.11. The number of carbonyl (C=O) groups is 1. The molecular formula is C10H21N3O2. The molecule has 0 radical (unpaired) electrons. The fourth-order valence-electron chi connectivity index (χ4n) is 1.65. The first-order valence-electron chi connectivity index (χ1n) is 5.43. The molecule has 1 saturated heterocycles. The predicted molar refractivity (Wildman–Crippen MR) is 58.6 cm³/mol. The van der Waals surface area contributed by atoms with Crippen LogP contribution in [0.5, 0.6) is 0 Å². The van der Waals surface area contributed by atoms with E-state index in [2.05, 4.69) is 15.5 Å². The largest absolute Gasteiger partial charge is 0.392 e.